The molecule has 8 heteroatoms. The molecule has 6 nitrogen and oxygen atoms in total. The minimum Gasteiger partial charge on any atom is -0.492 e. The van der Waals surface area contributed by atoms with E-state index in [1.54, 1.807) is 36.4 Å². The number of rotatable bonds is 9. The van der Waals surface area contributed by atoms with Crippen molar-refractivity contribution < 1.29 is 17.9 Å². The number of sulfonamides is 1. The first-order chi connectivity index (χ1) is 15.7. The second kappa shape index (κ2) is 10.7. The van der Waals surface area contributed by atoms with Gasteiger partial charge in [-0.25, -0.2) is 8.42 Å². The van der Waals surface area contributed by atoms with Gasteiger partial charge in [-0.05, 0) is 68.3 Å². The summed E-state index contributed by atoms with van der Waals surface area (Å²) < 4.78 is 33.5. The van der Waals surface area contributed by atoms with Crippen LogP contribution in [0.2, 0.25) is 5.02 Å². The highest BCUT2D eigenvalue weighted by Gasteiger charge is 2.28. The maximum absolute atomic E-state index is 13.4. The van der Waals surface area contributed by atoms with Crippen LogP contribution in [-0.4, -0.2) is 34.0 Å². The Morgan fingerprint density at radius 1 is 0.939 bits per heavy atom. The molecular formula is C25H27ClN2O4S. The van der Waals surface area contributed by atoms with Crippen LogP contribution in [0.15, 0.2) is 71.6 Å². The molecule has 1 N–H and O–H groups in total. The van der Waals surface area contributed by atoms with Crippen molar-refractivity contribution in [2.45, 2.75) is 25.7 Å². The second-order valence-corrected chi connectivity index (χ2v) is 10.1. The lowest BCUT2D eigenvalue weighted by atomic mass is 10.1. The number of hydrogen-bond donors (Lipinski definition) is 1. The van der Waals surface area contributed by atoms with Gasteiger partial charge in [-0.15, -0.1) is 0 Å². The fourth-order valence-corrected chi connectivity index (χ4v) is 5.08. The summed E-state index contributed by atoms with van der Waals surface area (Å²) in [6.45, 7) is 5.91. The van der Waals surface area contributed by atoms with Gasteiger partial charge in [-0.1, -0.05) is 47.5 Å². The molecule has 0 aliphatic heterocycles. The molecule has 0 radical (unpaired) electrons. The Balaban J connectivity index is 1.71. The maximum atomic E-state index is 13.4. The number of para-hydroxylation sites is 1. The fourth-order valence-electron chi connectivity index (χ4n) is 3.35. The highest BCUT2D eigenvalue weighted by molar-refractivity contribution is 7.92. The zero-order valence-corrected chi connectivity index (χ0v) is 20.4. The fraction of sp³-hybridized carbons (Fsp3) is 0.240. The summed E-state index contributed by atoms with van der Waals surface area (Å²) >= 11 is 6.28. The summed E-state index contributed by atoms with van der Waals surface area (Å²) in [5, 5.41) is 2.96. The lowest BCUT2D eigenvalue weighted by Crippen LogP contribution is -2.42. The van der Waals surface area contributed by atoms with Gasteiger partial charge in [0.05, 0.1) is 22.2 Å². The van der Waals surface area contributed by atoms with Crippen molar-refractivity contribution >= 4 is 33.2 Å². The Morgan fingerprint density at radius 2 is 1.58 bits per heavy atom. The van der Waals surface area contributed by atoms with Crippen molar-refractivity contribution in [2.75, 3.05) is 24.0 Å². The number of halogens is 1. The summed E-state index contributed by atoms with van der Waals surface area (Å²) in [5.74, 6) is 0.260. The molecule has 3 aromatic rings. The van der Waals surface area contributed by atoms with E-state index in [0.29, 0.717) is 0 Å². The molecule has 3 rings (SSSR count). The molecule has 0 bridgehead atoms. The largest absolute Gasteiger partial charge is 0.492 e. The van der Waals surface area contributed by atoms with E-state index in [1.165, 1.54) is 12.1 Å². The Hall–Kier alpha value is -3.03. The lowest BCUT2D eigenvalue weighted by Gasteiger charge is -2.25. The van der Waals surface area contributed by atoms with Gasteiger partial charge in [0.15, 0.2) is 0 Å². The smallest absolute Gasteiger partial charge is 0.264 e. The van der Waals surface area contributed by atoms with Crippen molar-refractivity contribution in [3.05, 3.63) is 88.4 Å². The van der Waals surface area contributed by atoms with Crippen LogP contribution >= 0.6 is 11.6 Å². The van der Waals surface area contributed by atoms with Gasteiger partial charge in [0.25, 0.3) is 10.0 Å². The molecule has 0 aliphatic carbocycles. The quantitative estimate of drug-likeness (QED) is 0.446. The number of aryl methyl sites for hydroxylation is 3. The molecule has 33 heavy (non-hydrogen) atoms. The summed E-state index contributed by atoms with van der Waals surface area (Å²) in [6, 6.07) is 18.9. The minimum absolute atomic E-state index is 0.0824. The molecule has 1 amide bonds. The summed E-state index contributed by atoms with van der Waals surface area (Å²) in [7, 11) is -4.01. The third-order valence-corrected chi connectivity index (χ3v) is 7.00. The number of nitrogens with one attached hydrogen (secondary N) is 1. The van der Waals surface area contributed by atoms with E-state index in [9.17, 15) is 13.2 Å². The van der Waals surface area contributed by atoms with E-state index in [1.807, 2.05) is 39.0 Å². The summed E-state index contributed by atoms with van der Waals surface area (Å²) in [4.78, 5) is 12.8. The number of hydrogen-bond acceptors (Lipinski definition) is 4. The van der Waals surface area contributed by atoms with E-state index >= 15 is 0 Å². The van der Waals surface area contributed by atoms with Gasteiger partial charge in [-0.2, -0.15) is 0 Å². The molecule has 0 aromatic heterocycles. The van der Waals surface area contributed by atoms with Gasteiger partial charge in [-0.3, -0.25) is 9.10 Å². The Morgan fingerprint density at radius 3 is 2.21 bits per heavy atom. The average Bonchev–Trinajstić information content (AvgIpc) is 2.75. The number of amides is 1. The highest BCUT2D eigenvalue weighted by Crippen LogP contribution is 2.30. The molecule has 174 valence electrons. The van der Waals surface area contributed by atoms with Crippen LogP contribution in [0.4, 0.5) is 5.69 Å². The molecule has 0 saturated carbocycles. The molecule has 0 atom stereocenters. The SMILES string of the molecule is Cc1ccc(S(=O)(=O)N(CC(=O)NCCOc2cc(C)cc(C)c2)c2ccccc2Cl)cc1. The molecule has 0 saturated heterocycles. The maximum Gasteiger partial charge on any atom is 0.264 e. The van der Waals surface area contributed by atoms with Crippen molar-refractivity contribution in [1.29, 1.82) is 0 Å². The normalized spacial score (nSPS) is 11.2. The lowest BCUT2D eigenvalue weighted by molar-refractivity contribution is -0.119. The van der Waals surface area contributed by atoms with Crippen molar-refractivity contribution in [2.24, 2.45) is 0 Å². The standard InChI is InChI=1S/C25H27ClN2O4S/c1-18-8-10-22(11-9-18)33(30,31)28(24-7-5-4-6-23(24)26)17-25(29)27-12-13-32-21-15-19(2)14-20(3)16-21/h4-11,14-16H,12-13,17H2,1-3H3,(H,27,29). The van der Waals surface area contributed by atoms with Crippen molar-refractivity contribution in [3.63, 3.8) is 0 Å². The Bertz CT molecular complexity index is 1210. The second-order valence-electron chi connectivity index (χ2n) is 7.80. The zero-order valence-electron chi connectivity index (χ0n) is 18.8. The average molecular weight is 487 g/mol. The molecule has 0 unspecified atom stereocenters. The number of carbonyl (C=O) groups excluding carboxylic acids is 1. The number of benzene rings is 3. The first kappa shape index (κ1) is 24.6. The van der Waals surface area contributed by atoms with E-state index in [-0.39, 0.29) is 28.8 Å². The predicted molar refractivity (Wildman–Crippen MR) is 132 cm³/mol. The van der Waals surface area contributed by atoms with E-state index in [2.05, 4.69) is 5.32 Å². The third-order valence-electron chi connectivity index (χ3n) is 4.91. The van der Waals surface area contributed by atoms with Crippen molar-refractivity contribution in [1.82, 2.24) is 5.32 Å². The van der Waals surface area contributed by atoms with Crippen LogP contribution in [0, 0.1) is 20.8 Å². The zero-order chi connectivity index (χ0) is 24.0. The summed E-state index contributed by atoms with van der Waals surface area (Å²) in [6.07, 6.45) is 0. The van der Waals surface area contributed by atoms with Crippen LogP contribution in [0.3, 0.4) is 0 Å². The number of anilines is 1. The first-order valence-corrected chi connectivity index (χ1v) is 12.3. The van der Waals surface area contributed by atoms with Crippen molar-refractivity contribution in [3.8, 4) is 5.75 Å². The van der Waals surface area contributed by atoms with E-state index in [0.717, 1.165) is 26.7 Å². The molecule has 3 aromatic carbocycles. The highest BCUT2D eigenvalue weighted by atomic mass is 35.5. The first-order valence-electron chi connectivity index (χ1n) is 10.5. The number of carbonyl (C=O) groups is 1. The van der Waals surface area contributed by atoms with Crippen LogP contribution in [0.25, 0.3) is 0 Å². The molecule has 0 heterocycles. The van der Waals surface area contributed by atoms with Gasteiger partial charge < -0.3 is 10.1 Å². The molecule has 0 fully saturated rings. The molecule has 0 aliphatic rings. The van der Waals surface area contributed by atoms with E-state index < -0.39 is 22.5 Å². The Kier molecular flexibility index (Phi) is 8.00. The van der Waals surface area contributed by atoms with Gasteiger partial charge in [0, 0.05) is 0 Å². The Labute approximate surface area is 200 Å². The van der Waals surface area contributed by atoms with Gasteiger partial charge >= 0.3 is 0 Å². The van der Waals surface area contributed by atoms with Crippen LogP contribution in [-0.2, 0) is 14.8 Å². The molecular weight excluding hydrogens is 460 g/mol. The predicted octanol–water partition coefficient (Wildman–Crippen LogP) is 4.66. The monoisotopic (exact) mass is 486 g/mol. The molecule has 0 spiro atoms. The number of ether oxygens (including phenoxy) is 1. The third kappa shape index (κ3) is 6.49. The summed E-state index contributed by atoms with van der Waals surface area (Å²) in [5.41, 5.74) is 3.35. The van der Waals surface area contributed by atoms with Crippen LogP contribution in [0.5, 0.6) is 5.75 Å². The topological polar surface area (TPSA) is 75.7 Å². The van der Waals surface area contributed by atoms with Crippen LogP contribution < -0.4 is 14.4 Å². The minimum atomic E-state index is -4.01. The van der Waals surface area contributed by atoms with E-state index in [4.69, 9.17) is 16.3 Å². The van der Waals surface area contributed by atoms with Crippen LogP contribution in [0.1, 0.15) is 16.7 Å². The van der Waals surface area contributed by atoms with Gasteiger partial charge in [0.1, 0.15) is 18.9 Å². The van der Waals surface area contributed by atoms with Gasteiger partial charge in [0.2, 0.25) is 5.91 Å². The number of nitrogens with zero attached hydrogens (tertiary/aromatic N) is 1.